The van der Waals surface area contributed by atoms with Crippen LogP contribution in [-0.2, 0) is 5.75 Å². The number of carbonyl (C=O) groups excluding carboxylic acids is 1. The number of aliphatic hydroxyl groups is 1. The van der Waals surface area contributed by atoms with Crippen LogP contribution in [0.15, 0.2) is 24.3 Å². The van der Waals surface area contributed by atoms with Crippen LogP contribution >= 0.6 is 11.8 Å². The van der Waals surface area contributed by atoms with Crippen molar-refractivity contribution in [3.8, 4) is 0 Å². The Labute approximate surface area is 131 Å². The lowest BCUT2D eigenvalue weighted by Crippen LogP contribution is -2.42. The topological polar surface area (TPSA) is 49.3 Å². The second kappa shape index (κ2) is 7.85. The first-order valence-corrected chi connectivity index (χ1v) is 9.11. The maximum absolute atomic E-state index is 12.2. The van der Waals surface area contributed by atoms with Crippen molar-refractivity contribution < 1.29 is 9.90 Å². The van der Waals surface area contributed by atoms with E-state index in [0.717, 1.165) is 31.4 Å². The molecule has 0 radical (unpaired) electrons. The van der Waals surface area contributed by atoms with Crippen LogP contribution in [0.25, 0.3) is 0 Å². The summed E-state index contributed by atoms with van der Waals surface area (Å²) in [5, 5.41) is 13.4. The molecular weight excluding hydrogens is 282 g/mol. The van der Waals surface area contributed by atoms with Crippen LogP contribution in [0, 0.1) is 0 Å². The molecule has 0 heterocycles. The van der Waals surface area contributed by atoms with E-state index in [9.17, 15) is 9.90 Å². The SMILES string of the molecule is CSCc1ccc(C(=O)NCC2(O)CCCCCC2)cc1. The van der Waals surface area contributed by atoms with Crippen molar-refractivity contribution in [1.29, 1.82) is 0 Å². The monoisotopic (exact) mass is 307 g/mol. The highest BCUT2D eigenvalue weighted by molar-refractivity contribution is 7.97. The minimum Gasteiger partial charge on any atom is -0.388 e. The van der Waals surface area contributed by atoms with E-state index in [1.54, 1.807) is 11.8 Å². The van der Waals surface area contributed by atoms with E-state index >= 15 is 0 Å². The molecule has 1 fully saturated rings. The molecule has 1 aliphatic carbocycles. The van der Waals surface area contributed by atoms with Gasteiger partial charge in [0.25, 0.3) is 5.91 Å². The molecule has 0 atom stereocenters. The van der Waals surface area contributed by atoms with E-state index < -0.39 is 5.60 Å². The molecule has 1 aromatic rings. The fourth-order valence-corrected chi connectivity index (χ4v) is 3.36. The zero-order valence-electron chi connectivity index (χ0n) is 12.7. The van der Waals surface area contributed by atoms with Crippen molar-refractivity contribution in [3.05, 3.63) is 35.4 Å². The van der Waals surface area contributed by atoms with E-state index in [1.807, 2.05) is 24.3 Å². The Balaban J connectivity index is 1.88. The van der Waals surface area contributed by atoms with Gasteiger partial charge in [-0.15, -0.1) is 0 Å². The van der Waals surface area contributed by atoms with Crippen molar-refractivity contribution in [1.82, 2.24) is 5.32 Å². The quantitative estimate of drug-likeness (QED) is 0.820. The van der Waals surface area contributed by atoms with Gasteiger partial charge in [0, 0.05) is 17.9 Å². The van der Waals surface area contributed by atoms with E-state index in [0.29, 0.717) is 12.1 Å². The Morgan fingerprint density at radius 3 is 2.38 bits per heavy atom. The van der Waals surface area contributed by atoms with Crippen LogP contribution in [0.5, 0.6) is 0 Å². The minimum absolute atomic E-state index is 0.0941. The average molecular weight is 307 g/mol. The molecular formula is C17H25NO2S. The zero-order chi connectivity index (χ0) is 15.1. The van der Waals surface area contributed by atoms with Crippen LogP contribution in [0.1, 0.15) is 54.4 Å². The molecule has 116 valence electrons. The van der Waals surface area contributed by atoms with Crippen LogP contribution in [0.3, 0.4) is 0 Å². The summed E-state index contributed by atoms with van der Waals surface area (Å²) in [6.45, 7) is 0.360. The number of benzene rings is 1. The number of nitrogens with one attached hydrogen (secondary N) is 1. The van der Waals surface area contributed by atoms with Gasteiger partial charge in [-0.1, -0.05) is 37.8 Å². The molecule has 1 amide bonds. The predicted molar refractivity (Wildman–Crippen MR) is 88.6 cm³/mol. The van der Waals surface area contributed by atoms with E-state index in [1.165, 1.54) is 18.4 Å². The van der Waals surface area contributed by atoms with Crippen molar-refractivity contribution in [2.75, 3.05) is 12.8 Å². The Kier molecular flexibility index (Phi) is 6.12. The molecule has 2 rings (SSSR count). The van der Waals surface area contributed by atoms with Crippen molar-refractivity contribution >= 4 is 17.7 Å². The largest absolute Gasteiger partial charge is 0.388 e. The van der Waals surface area contributed by atoms with Crippen LogP contribution in [0.4, 0.5) is 0 Å². The third-order valence-electron chi connectivity index (χ3n) is 4.14. The number of hydrogen-bond donors (Lipinski definition) is 2. The molecule has 1 saturated carbocycles. The molecule has 2 N–H and O–H groups in total. The lowest BCUT2D eigenvalue weighted by Gasteiger charge is -2.26. The van der Waals surface area contributed by atoms with Crippen LogP contribution < -0.4 is 5.32 Å². The van der Waals surface area contributed by atoms with Crippen LogP contribution in [0.2, 0.25) is 0 Å². The Bertz CT molecular complexity index is 450. The van der Waals surface area contributed by atoms with Crippen LogP contribution in [-0.4, -0.2) is 29.4 Å². The summed E-state index contributed by atoms with van der Waals surface area (Å²) in [6, 6.07) is 7.70. The van der Waals surface area contributed by atoms with Gasteiger partial charge >= 0.3 is 0 Å². The summed E-state index contributed by atoms with van der Waals surface area (Å²) in [6.07, 6.45) is 8.12. The average Bonchev–Trinajstić information content (AvgIpc) is 2.71. The molecule has 0 unspecified atom stereocenters. The van der Waals surface area contributed by atoms with Gasteiger partial charge in [0.05, 0.1) is 5.60 Å². The van der Waals surface area contributed by atoms with Crippen molar-refractivity contribution in [3.63, 3.8) is 0 Å². The first-order valence-electron chi connectivity index (χ1n) is 7.71. The third-order valence-corrected chi connectivity index (χ3v) is 4.76. The fraction of sp³-hybridized carbons (Fsp3) is 0.588. The van der Waals surface area contributed by atoms with Gasteiger partial charge in [0.2, 0.25) is 0 Å². The molecule has 1 aromatic carbocycles. The summed E-state index contributed by atoms with van der Waals surface area (Å²) in [5.41, 5.74) is 1.17. The molecule has 1 aliphatic rings. The van der Waals surface area contributed by atoms with Gasteiger partial charge in [-0.3, -0.25) is 4.79 Å². The van der Waals surface area contributed by atoms with Crippen molar-refractivity contribution in [2.45, 2.75) is 49.9 Å². The number of amides is 1. The van der Waals surface area contributed by atoms with E-state index in [-0.39, 0.29) is 5.91 Å². The lowest BCUT2D eigenvalue weighted by atomic mass is 9.94. The van der Waals surface area contributed by atoms with Crippen molar-refractivity contribution in [2.24, 2.45) is 0 Å². The standard InChI is InChI=1S/C17H25NO2S/c1-21-12-14-6-8-15(9-7-14)16(19)18-13-17(20)10-4-2-3-5-11-17/h6-9,20H,2-5,10-13H2,1H3,(H,18,19). The van der Waals surface area contributed by atoms with Gasteiger partial charge in [0.15, 0.2) is 0 Å². The normalized spacial score (nSPS) is 18.0. The third kappa shape index (κ3) is 5.04. The summed E-state index contributed by atoms with van der Waals surface area (Å²) in [4.78, 5) is 12.2. The van der Waals surface area contributed by atoms with Gasteiger partial charge < -0.3 is 10.4 Å². The lowest BCUT2D eigenvalue weighted by molar-refractivity contribution is 0.0246. The number of hydrogen-bond acceptors (Lipinski definition) is 3. The molecule has 4 heteroatoms. The molecule has 0 aliphatic heterocycles. The molecule has 3 nitrogen and oxygen atoms in total. The smallest absolute Gasteiger partial charge is 0.251 e. The second-order valence-electron chi connectivity index (χ2n) is 5.95. The highest BCUT2D eigenvalue weighted by atomic mass is 32.2. The number of carbonyl (C=O) groups is 1. The Morgan fingerprint density at radius 1 is 1.19 bits per heavy atom. The zero-order valence-corrected chi connectivity index (χ0v) is 13.5. The summed E-state index contributed by atoms with van der Waals surface area (Å²) in [7, 11) is 0. The molecule has 21 heavy (non-hydrogen) atoms. The molecule has 0 aromatic heterocycles. The maximum Gasteiger partial charge on any atom is 0.251 e. The molecule has 0 bridgehead atoms. The highest BCUT2D eigenvalue weighted by Crippen LogP contribution is 2.26. The predicted octanol–water partition coefficient (Wildman–Crippen LogP) is 3.36. The highest BCUT2D eigenvalue weighted by Gasteiger charge is 2.28. The summed E-state index contributed by atoms with van der Waals surface area (Å²) < 4.78 is 0. The Morgan fingerprint density at radius 2 is 1.81 bits per heavy atom. The first kappa shape index (κ1) is 16.4. The first-order chi connectivity index (χ1) is 10.1. The van der Waals surface area contributed by atoms with Gasteiger partial charge in [-0.05, 0) is 36.8 Å². The van der Waals surface area contributed by atoms with E-state index in [2.05, 4.69) is 11.6 Å². The minimum atomic E-state index is -0.717. The van der Waals surface area contributed by atoms with E-state index in [4.69, 9.17) is 0 Å². The fourth-order valence-electron chi connectivity index (χ4n) is 2.83. The summed E-state index contributed by atoms with van der Waals surface area (Å²) in [5.74, 6) is 0.866. The number of rotatable bonds is 5. The molecule has 0 spiro atoms. The van der Waals surface area contributed by atoms with Gasteiger partial charge in [-0.25, -0.2) is 0 Å². The van der Waals surface area contributed by atoms with Gasteiger partial charge in [0.1, 0.15) is 0 Å². The molecule has 0 saturated heterocycles. The maximum atomic E-state index is 12.2. The number of thioether (sulfide) groups is 1. The second-order valence-corrected chi connectivity index (χ2v) is 6.82. The van der Waals surface area contributed by atoms with Gasteiger partial charge in [-0.2, -0.15) is 11.8 Å². The Hall–Kier alpha value is -1.00. The summed E-state index contributed by atoms with van der Waals surface area (Å²) >= 11 is 1.77.